The van der Waals surface area contributed by atoms with Gasteiger partial charge in [0.25, 0.3) is 0 Å². The number of hydrogen-bond donors (Lipinski definition) is 2. The van der Waals surface area contributed by atoms with Crippen LogP contribution >= 0.6 is 0 Å². The lowest BCUT2D eigenvalue weighted by Gasteiger charge is -2.32. The van der Waals surface area contributed by atoms with Crippen molar-refractivity contribution >= 4 is 5.91 Å². The standard InChI is InChI=1S/C15H30N2O/c1-10(2)8-14(16)15(18)17-13-7-5-6-12(9-13)11(3)4/h10-14H,5-9,16H2,1-4H3,(H,17,18)/t12?,13?,14-/m0/s1. The Bertz CT molecular complexity index is 263. The van der Waals surface area contributed by atoms with E-state index in [1.54, 1.807) is 0 Å². The van der Waals surface area contributed by atoms with E-state index in [1.165, 1.54) is 12.8 Å². The normalized spacial score (nSPS) is 26.4. The topological polar surface area (TPSA) is 55.1 Å². The van der Waals surface area contributed by atoms with Gasteiger partial charge in [-0.1, -0.05) is 40.5 Å². The molecule has 0 aliphatic heterocycles. The van der Waals surface area contributed by atoms with Crippen LogP contribution in [0.1, 0.15) is 59.8 Å². The summed E-state index contributed by atoms with van der Waals surface area (Å²) >= 11 is 0. The van der Waals surface area contributed by atoms with E-state index >= 15 is 0 Å². The predicted octanol–water partition coefficient (Wildman–Crippen LogP) is 2.69. The van der Waals surface area contributed by atoms with Gasteiger partial charge < -0.3 is 11.1 Å². The Morgan fingerprint density at radius 1 is 1.28 bits per heavy atom. The maximum absolute atomic E-state index is 12.0. The number of nitrogens with one attached hydrogen (secondary N) is 1. The van der Waals surface area contributed by atoms with Crippen molar-refractivity contribution in [1.29, 1.82) is 0 Å². The largest absolute Gasteiger partial charge is 0.352 e. The molecule has 106 valence electrons. The molecule has 3 heteroatoms. The molecule has 3 nitrogen and oxygen atoms in total. The Hall–Kier alpha value is -0.570. The molecule has 1 rings (SSSR count). The summed E-state index contributed by atoms with van der Waals surface area (Å²) in [5.74, 6) is 1.98. The van der Waals surface area contributed by atoms with Crippen molar-refractivity contribution in [2.24, 2.45) is 23.5 Å². The molecule has 2 unspecified atom stereocenters. The van der Waals surface area contributed by atoms with Crippen LogP contribution in [0.25, 0.3) is 0 Å². The lowest BCUT2D eigenvalue weighted by molar-refractivity contribution is -0.123. The summed E-state index contributed by atoms with van der Waals surface area (Å²) in [6.45, 7) is 8.75. The van der Waals surface area contributed by atoms with Crippen molar-refractivity contribution in [3.05, 3.63) is 0 Å². The fourth-order valence-electron chi connectivity index (χ4n) is 2.89. The number of amides is 1. The molecule has 0 aromatic heterocycles. The SMILES string of the molecule is CC(C)C[C@H](N)C(=O)NC1CCCC(C(C)C)C1. The molecule has 0 heterocycles. The third-order valence-electron chi connectivity index (χ3n) is 4.07. The van der Waals surface area contributed by atoms with Crippen molar-refractivity contribution in [3.63, 3.8) is 0 Å². The highest BCUT2D eigenvalue weighted by Gasteiger charge is 2.26. The molecule has 0 radical (unpaired) electrons. The van der Waals surface area contributed by atoms with E-state index in [0.29, 0.717) is 17.9 Å². The van der Waals surface area contributed by atoms with E-state index in [4.69, 9.17) is 5.73 Å². The Morgan fingerprint density at radius 3 is 2.50 bits per heavy atom. The first kappa shape index (κ1) is 15.5. The first-order chi connectivity index (χ1) is 8.40. The Labute approximate surface area is 112 Å². The molecule has 0 bridgehead atoms. The molecule has 1 saturated carbocycles. The van der Waals surface area contributed by atoms with Crippen LogP contribution in [-0.2, 0) is 4.79 Å². The van der Waals surface area contributed by atoms with Crippen molar-refractivity contribution < 1.29 is 4.79 Å². The molecule has 0 saturated heterocycles. The van der Waals surface area contributed by atoms with E-state index in [0.717, 1.165) is 25.2 Å². The second kappa shape index (κ2) is 7.13. The quantitative estimate of drug-likeness (QED) is 0.792. The van der Waals surface area contributed by atoms with Crippen LogP contribution in [0.2, 0.25) is 0 Å². The van der Waals surface area contributed by atoms with Gasteiger partial charge in [-0.25, -0.2) is 0 Å². The second-order valence-electron chi connectivity index (χ2n) is 6.61. The summed E-state index contributed by atoms with van der Waals surface area (Å²) < 4.78 is 0. The van der Waals surface area contributed by atoms with Crippen molar-refractivity contribution in [2.45, 2.75) is 71.9 Å². The summed E-state index contributed by atoms with van der Waals surface area (Å²) in [6.07, 6.45) is 5.54. The van der Waals surface area contributed by atoms with Gasteiger partial charge in [0, 0.05) is 6.04 Å². The van der Waals surface area contributed by atoms with Crippen LogP contribution in [0.15, 0.2) is 0 Å². The average Bonchev–Trinajstić information content (AvgIpc) is 2.28. The lowest BCUT2D eigenvalue weighted by Crippen LogP contribution is -2.47. The Kier molecular flexibility index (Phi) is 6.13. The minimum atomic E-state index is -0.343. The van der Waals surface area contributed by atoms with Gasteiger partial charge in [0.15, 0.2) is 0 Å². The van der Waals surface area contributed by atoms with Gasteiger partial charge in [-0.2, -0.15) is 0 Å². The predicted molar refractivity (Wildman–Crippen MR) is 76.2 cm³/mol. The molecule has 1 aliphatic rings. The van der Waals surface area contributed by atoms with Crippen molar-refractivity contribution in [3.8, 4) is 0 Å². The van der Waals surface area contributed by atoms with E-state index in [2.05, 4.69) is 33.0 Å². The van der Waals surface area contributed by atoms with Crippen LogP contribution in [0.3, 0.4) is 0 Å². The minimum Gasteiger partial charge on any atom is -0.352 e. The zero-order chi connectivity index (χ0) is 13.7. The average molecular weight is 254 g/mol. The first-order valence-electron chi connectivity index (χ1n) is 7.46. The summed E-state index contributed by atoms with van der Waals surface area (Å²) in [4.78, 5) is 12.0. The van der Waals surface area contributed by atoms with Crippen molar-refractivity contribution in [1.82, 2.24) is 5.32 Å². The Balaban J connectivity index is 2.39. The molecule has 1 amide bonds. The molecular formula is C15H30N2O. The number of nitrogens with two attached hydrogens (primary N) is 1. The van der Waals surface area contributed by atoms with Crippen LogP contribution in [0.5, 0.6) is 0 Å². The summed E-state index contributed by atoms with van der Waals surface area (Å²) in [7, 11) is 0. The molecule has 1 aliphatic carbocycles. The zero-order valence-electron chi connectivity index (χ0n) is 12.4. The maximum atomic E-state index is 12.0. The number of carbonyl (C=O) groups is 1. The molecule has 0 aromatic carbocycles. The third-order valence-corrected chi connectivity index (χ3v) is 4.07. The lowest BCUT2D eigenvalue weighted by atomic mass is 9.79. The van der Waals surface area contributed by atoms with Gasteiger partial charge in [0.2, 0.25) is 5.91 Å². The second-order valence-corrected chi connectivity index (χ2v) is 6.61. The number of rotatable bonds is 5. The fraction of sp³-hybridized carbons (Fsp3) is 0.933. The van der Waals surface area contributed by atoms with Crippen molar-refractivity contribution in [2.75, 3.05) is 0 Å². The van der Waals surface area contributed by atoms with Gasteiger partial charge in [0.1, 0.15) is 0 Å². The number of hydrogen-bond acceptors (Lipinski definition) is 2. The summed E-state index contributed by atoms with van der Waals surface area (Å²) in [6, 6.07) is 0.00119. The van der Waals surface area contributed by atoms with E-state index < -0.39 is 0 Å². The molecular weight excluding hydrogens is 224 g/mol. The molecule has 0 aromatic rings. The molecule has 1 fully saturated rings. The third kappa shape index (κ3) is 4.97. The van der Waals surface area contributed by atoms with Gasteiger partial charge in [-0.3, -0.25) is 4.79 Å². The van der Waals surface area contributed by atoms with E-state index in [9.17, 15) is 4.79 Å². The highest BCUT2D eigenvalue weighted by atomic mass is 16.2. The van der Waals surface area contributed by atoms with E-state index in [-0.39, 0.29) is 11.9 Å². The molecule has 3 N–H and O–H groups in total. The van der Waals surface area contributed by atoms with Gasteiger partial charge in [-0.05, 0) is 37.0 Å². The minimum absolute atomic E-state index is 0.0399. The van der Waals surface area contributed by atoms with Gasteiger partial charge >= 0.3 is 0 Å². The van der Waals surface area contributed by atoms with Gasteiger partial charge in [0.05, 0.1) is 6.04 Å². The van der Waals surface area contributed by atoms with Crippen LogP contribution < -0.4 is 11.1 Å². The van der Waals surface area contributed by atoms with Gasteiger partial charge in [-0.15, -0.1) is 0 Å². The monoisotopic (exact) mass is 254 g/mol. The molecule has 0 spiro atoms. The Morgan fingerprint density at radius 2 is 1.94 bits per heavy atom. The van der Waals surface area contributed by atoms with E-state index in [1.807, 2.05) is 0 Å². The number of carbonyl (C=O) groups excluding carboxylic acids is 1. The molecule has 18 heavy (non-hydrogen) atoms. The smallest absolute Gasteiger partial charge is 0.237 e. The summed E-state index contributed by atoms with van der Waals surface area (Å²) in [5.41, 5.74) is 5.92. The van der Waals surface area contributed by atoms with Crippen LogP contribution in [-0.4, -0.2) is 18.0 Å². The first-order valence-corrected chi connectivity index (χ1v) is 7.46. The highest BCUT2D eigenvalue weighted by molar-refractivity contribution is 5.81. The highest BCUT2D eigenvalue weighted by Crippen LogP contribution is 2.29. The maximum Gasteiger partial charge on any atom is 0.237 e. The molecule has 3 atom stereocenters. The van der Waals surface area contributed by atoms with Crippen LogP contribution in [0.4, 0.5) is 0 Å². The fourth-order valence-corrected chi connectivity index (χ4v) is 2.89. The summed E-state index contributed by atoms with van der Waals surface area (Å²) in [5, 5.41) is 3.14. The zero-order valence-corrected chi connectivity index (χ0v) is 12.4. The van der Waals surface area contributed by atoms with Crippen LogP contribution in [0, 0.1) is 17.8 Å².